The average molecular weight is 439 g/mol. The van der Waals surface area contributed by atoms with Crippen LogP contribution in [-0.2, 0) is 11.3 Å². The first-order valence-electron chi connectivity index (χ1n) is 7.93. The van der Waals surface area contributed by atoms with Gasteiger partial charge in [0.05, 0.1) is 19.8 Å². The van der Waals surface area contributed by atoms with Crippen LogP contribution in [0.3, 0.4) is 0 Å². The first-order valence-corrected chi connectivity index (χ1v) is 7.93. The predicted octanol–water partition coefficient (Wildman–Crippen LogP) is 4.37. The zero-order valence-corrected chi connectivity index (χ0v) is 16.6. The van der Waals surface area contributed by atoms with E-state index < -0.39 is 0 Å². The predicted molar refractivity (Wildman–Crippen MR) is 112 cm³/mol. The molecule has 0 atom stereocenters. The Morgan fingerprint density at radius 2 is 1.88 bits per heavy atom. The molecule has 2 rings (SSSR count). The van der Waals surface area contributed by atoms with Crippen molar-refractivity contribution in [3.8, 4) is 0 Å². The SMILES string of the molecule is CC(C)c1cccc(NC(N)=NCCOCc2ccccc2)c1.I. The first-order chi connectivity index (χ1) is 11.1. The molecule has 5 heteroatoms. The molecule has 0 amide bonds. The molecule has 0 saturated carbocycles. The van der Waals surface area contributed by atoms with Crippen molar-refractivity contribution in [2.75, 3.05) is 18.5 Å². The van der Waals surface area contributed by atoms with Gasteiger partial charge in [-0.05, 0) is 29.2 Å². The number of halogens is 1. The summed E-state index contributed by atoms with van der Waals surface area (Å²) < 4.78 is 5.58. The topological polar surface area (TPSA) is 59.6 Å². The number of guanidine groups is 1. The fraction of sp³-hybridized carbons (Fsp3) is 0.316. The van der Waals surface area contributed by atoms with E-state index in [1.807, 2.05) is 42.5 Å². The maximum atomic E-state index is 5.91. The zero-order valence-electron chi connectivity index (χ0n) is 14.2. The molecule has 0 fully saturated rings. The van der Waals surface area contributed by atoms with Gasteiger partial charge in [-0.15, -0.1) is 24.0 Å². The normalized spacial score (nSPS) is 11.2. The molecule has 0 aromatic heterocycles. The van der Waals surface area contributed by atoms with Crippen molar-refractivity contribution in [3.05, 3.63) is 65.7 Å². The summed E-state index contributed by atoms with van der Waals surface area (Å²) in [5, 5.41) is 3.12. The number of nitrogens with one attached hydrogen (secondary N) is 1. The second kappa shape index (κ2) is 11.0. The number of benzene rings is 2. The lowest BCUT2D eigenvalue weighted by atomic mass is 10.0. The van der Waals surface area contributed by atoms with Gasteiger partial charge < -0.3 is 15.8 Å². The van der Waals surface area contributed by atoms with Gasteiger partial charge in [0, 0.05) is 5.69 Å². The number of anilines is 1. The molecule has 0 spiro atoms. The van der Waals surface area contributed by atoms with Gasteiger partial charge in [-0.1, -0.05) is 56.3 Å². The Morgan fingerprint density at radius 1 is 1.12 bits per heavy atom. The molecule has 3 N–H and O–H groups in total. The molecule has 4 nitrogen and oxygen atoms in total. The van der Waals surface area contributed by atoms with E-state index in [4.69, 9.17) is 10.5 Å². The van der Waals surface area contributed by atoms with Crippen LogP contribution < -0.4 is 11.1 Å². The van der Waals surface area contributed by atoms with Gasteiger partial charge in [0.1, 0.15) is 0 Å². The molecule has 24 heavy (non-hydrogen) atoms. The van der Waals surface area contributed by atoms with Crippen molar-refractivity contribution >= 4 is 35.6 Å². The highest BCUT2D eigenvalue weighted by molar-refractivity contribution is 14.0. The summed E-state index contributed by atoms with van der Waals surface area (Å²) in [6.45, 7) is 6.01. The largest absolute Gasteiger partial charge is 0.375 e. The Hall–Kier alpha value is -1.60. The van der Waals surface area contributed by atoms with E-state index in [1.165, 1.54) is 5.56 Å². The summed E-state index contributed by atoms with van der Waals surface area (Å²) in [6, 6.07) is 18.3. The molecular formula is C19H26IN3O. The maximum absolute atomic E-state index is 5.91. The monoisotopic (exact) mass is 439 g/mol. The molecule has 2 aromatic carbocycles. The van der Waals surface area contributed by atoms with Crippen LogP contribution in [0.15, 0.2) is 59.6 Å². The quantitative estimate of drug-likeness (QED) is 0.292. The van der Waals surface area contributed by atoms with E-state index in [-0.39, 0.29) is 24.0 Å². The Labute approximate surface area is 161 Å². The van der Waals surface area contributed by atoms with Gasteiger partial charge in [-0.25, -0.2) is 0 Å². The van der Waals surface area contributed by atoms with Crippen molar-refractivity contribution in [1.29, 1.82) is 0 Å². The van der Waals surface area contributed by atoms with Gasteiger partial charge in [-0.2, -0.15) is 0 Å². The molecule has 0 saturated heterocycles. The summed E-state index contributed by atoms with van der Waals surface area (Å²) >= 11 is 0. The molecule has 0 aliphatic rings. The van der Waals surface area contributed by atoms with E-state index in [0.717, 1.165) is 11.3 Å². The number of rotatable bonds is 7. The third kappa shape index (κ3) is 7.31. The lowest BCUT2D eigenvalue weighted by Crippen LogP contribution is -2.23. The summed E-state index contributed by atoms with van der Waals surface area (Å²) in [4.78, 5) is 4.28. The molecule has 0 radical (unpaired) electrons. The van der Waals surface area contributed by atoms with Crippen molar-refractivity contribution in [2.45, 2.75) is 26.4 Å². The zero-order chi connectivity index (χ0) is 16.5. The van der Waals surface area contributed by atoms with Gasteiger partial charge >= 0.3 is 0 Å². The lowest BCUT2D eigenvalue weighted by Gasteiger charge is -2.10. The minimum atomic E-state index is 0. The van der Waals surface area contributed by atoms with Crippen LogP contribution in [0.1, 0.15) is 30.9 Å². The molecule has 2 aromatic rings. The van der Waals surface area contributed by atoms with E-state index in [9.17, 15) is 0 Å². The number of hydrogen-bond acceptors (Lipinski definition) is 2. The average Bonchev–Trinajstić information content (AvgIpc) is 2.55. The van der Waals surface area contributed by atoms with Crippen LogP contribution in [0.25, 0.3) is 0 Å². The van der Waals surface area contributed by atoms with Crippen LogP contribution in [-0.4, -0.2) is 19.1 Å². The Bertz CT molecular complexity index is 630. The smallest absolute Gasteiger partial charge is 0.193 e. The highest BCUT2D eigenvalue weighted by Crippen LogP contribution is 2.18. The van der Waals surface area contributed by atoms with E-state index >= 15 is 0 Å². The van der Waals surface area contributed by atoms with Crippen molar-refractivity contribution in [2.24, 2.45) is 10.7 Å². The van der Waals surface area contributed by atoms with Gasteiger partial charge in [-0.3, -0.25) is 4.99 Å². The third-order valence-electron chi connectivity index (χ3n) is 3.46. The molecule has 0 aliphatic heterocycles. The second-order valence-electron chi connectivity index (χ2n) is 5.71. The molecular weight excluding hydrogens is 413 g/mol. The van der Waals surface area contributed by atoms with E-state index in [1.54, 1.807) is 0 Å². The van der Waals surface area contributed by atoms with Crippen LogP contribution in [0.5, 0.6) is 0 Å². The minimum absolute atomic E-state index is 0. The molecule has 0 unspecified atom stereocenters. The van der Waals surface area contributed by atoms with Gasteiger partial charge in [0.2, 0.25) is 0 Å². The second-order valence-corrected chi connectivity index (χ2v) is 5.71. The Morgan fingerprint density at radius 3 is 2.58 bits per heavy atom. The van der Waals surface area contributed by atoms with Crippen LogP contribution in [0.4, 0.5) is 5.69 Å². The summed E-state index contributed by atoms with van der Waals surface area (Å²) in [5.74, 6) is 0.899. The highest BCUT2D eigenvalue weighted by Gasteiger charge is 2.01. The van der Waals surface area contributed by atoms with Crippen molar-refractivity contribution < 1.29 is 4.74 Å². The lowest BCUT2D eigenvalue weighted by molar-refractivity contribution is 0.128. The first kappa shape index (κ1) is 20.4. The summed E-state index contributed by atoms with van der Waals surface area (Å²) in [7, 11) is 0. The Kier molecular flexibility index (Phi) is 9.41. The van der Waals surface area contributed by atoms with E-state index in [2.05, 4.69) is 36.3 Å². The fourth-order valence-corrected chi connectivity index (χ4v) is 2.16. The fourth-order valence-electron chi connectivity index (χ4n) is 2.16. The molecule has 0 heterocycles. The summed E-state index contributed by atoms with van der Waals surface area (Å²) in [5.41, 5.74) is 9.30. The number of aliphatic imine (C=N–C) groups is 1. The van der Waals surface area contributed by atoms with E-state index in [0.29, 0.717) is 31.6 Å². The number of ether oxygens (including phenoxy) is 1. The third-order valence-corrected chi connectivity index (χ3v) is 3.46. The van der Waals surface area contributed by atoms with Crippen LogP contribution >= 0.6 is 24.0 Å². The minimum Gasteiger partial charge on any atom is -0.375 e. The maximum Gasteiger partial charge on any atom is 0.193 e. The highest BCUT2D eigenvalue weighted by atomic mass is 127. The van der Waals surface area contributed by atoms with Crippen molar-refractivity contribution in [3.63, 3.8) is 0 Å². The number of nitrogens with zero attached hydrogens (tertiary/aromatic N) is 1. The summed E-state index contributed by atoms with van der Waals surface area (Å²) in [6.07, 6.45) is 0. The standard InChI is InChI=1S/C19H25N3O.HI/c1-15(2)17-9-6-10-18(13-17)22-19(20)21-11-12-23-14-16-7-4-3-5-8-16;/h3-10,13,15H,11-12,14H2,1-2H3,(H3,20,21,22);1H. The van der Waals surface area contributed by atoms with Crippen LogP contribution in [0.2, 0.25) is 0 Å². The molecule has 0 aliphatic carbocycles. The number of nitrogens with two attached hydrogens (primary N) is 1. The Balaban J connectivity index is 0.00000288. The van der Waals surface area contributed by atoms with Crippen molar-refractivity contribution in [1.82, 2.24) is 0 Å². The number of hydrogen-bond donors (Lipinski definition) is 2. The van der Waals surface area contributed by atoms with Crippen LogP contribution in [0, 0.1) is 0 Å². The van der Waals surface area contributed by atoms with Gasteiger partial charge in [0.15, 0.2) is 5.96 Å². The molecule has 130 valence electrons. The van der Waals surface area contributed by atoms with Gasteiger partial charge in [0.25, 0.3) is 0 Å². The molecule has 0 bridgehead atoms.